The quantitative estimate of drug-likeness (QED) is 0.841. The molecule has 2 aromatic rings. The van der Waals surface area contributed by atoms with Crippen LogP contribution in [-0.2, 0) is 11.3 Å². The summed E-state index contributed by atoms with van der Waals surface area (Å²) in [7, 11) is 0. The molecule has 0 aliphatic heterocycles. The van der Waals surface area contributed by atoms with Gasteiger partial charge < -0.3 is 5.32 Å². The number of hydrogen-bond donors (Lipinski definition) is 1. The number of rotatable bonds is 5. The van der Waals surface area contributed by atoms with Crippen LogP contribution < -0.4 is 10.2 Å². The van der Waals surface area contributed by atoms with Crippen LogP contribution in [0.1, 0.15) is 51.9 Å². The second-order valence-corrected chi connectivity index (χ2v) is 10.2. The van der Waals surface area contributed by atoms with Gasteiger partial charge in [0.2, 0.25) is 5.91 Å². The molecule has 1 amide bonds. The van der Waals surface area contributed by atoms with Gasteiger partial charge in [0.15, 0.2) is 0 Å². The van der Waals surface area contributed by atoms with Crippen LogP contribution in [0.25, 0.3) is 10.2 Å². The molecule has 144 valence electrons. The van der Waals surface area contributed by atoms with Gasteiger partial charge in [-0.1, -0.05) is 30.4 Å². The number of nitrogens with zero attached hydrogens (tertiary/aromatic N) is 1. The summed E-state index contributed by atoms with van der Waals surface area (Å²) in [6.45, 7) is 2.33. The third kappa shape index (κ3) is 2.95. The molecule has 1 heterocycles. The molecule has 4 aliphatic rings. The average molecular weight is 385 g/mol. The minimum atomic E-state index is -0.0470. The van der Waals surface area contributed by atoms with Gasteiger partial charge in [-0.05, 0) is 80.2 Å². The van der Waals surface area contributed by atoms with Crippen molar-refractivity contribution < 1.29 is 4.79 Å². The van der Waals surface area contributed by atoms with Gasteiger partial charge in [-0.25, -0.2) is 0 Å². The van der Waals surface area contributed by atoms with Crippen molar-refractivity contribution >= 4 is 27.5 Å². The summed E-state index contributed by atoms with van der Waals surface area (Å²) in [5.41, 5.74) is 1.17. The van der Waals surface area contributed by atoms with E-state index >= 15 is 0 Å². The fraction of sp³-hybridized carbons (Fsp3) is 0.636. The fourth-order valence-electron chi connectivity index (χ4n) is 6.84. The highest BCUT2D eigenvalue weighted by Crippen LogP contribution is 2.61. The number of carbonyl (C=O) groups is 1. The van der Waals surface area contributed by atoms with E-state index < -0.39 is 0 Å². The van der Waals surface area contributed by atoms with E-state index in [4.69, 9.17) is 0 Å². The first-order valence-electron chi connectivity index (χ1n) is 10.4. The van der Waals surface area contributed by atoms with Gasteiger partial charge in [0.1, 0.15) is 6.54 Å². The monoisotopic (exact) mass is 384 g/mol. The van der Waals surface area contributed by atoms with E-state index in [1.54, 1.807) is 4.57 Å². The summed E-state index contributed by atoms with van der Waals surface area (Å²) in [4.78, 5) is 25.2. The van der Waals surface area contributed by atoms with Crippen molar-refractivity contribution in [3.8, 4) is 0 Å². The Morgan fingerprint density at radius 1 is 1.19 bits per heavy atom. The average Bonchev–Trinajstić information content (AvgIpc) is 2.94. The highest BCUT2D eigenvalue weighted by molar-refractivity contribution is 7.16. The smallest absolute Gasteiger partial charge is 0.308 e. The standard InChI is InChI=1S/C22H28N2O2S/c1-2-19(22-10-14-7-15(11-22)9-16(8-14)12-22)23-20(25)13-24-17-5-3-4-6-18(17)27-21(24)26/h3-6,14-16,19H,2,7-13H2,1H3,(H,23,25)/t14?,15?,16?,19-,22?/m1/s1. The van der Waals surface area contributed by atoms with Gasteiger partial charge in [0, 0.05) is 6.04 Å². The summed E-state index contributed by atoms with van der Waals surface area (Å²) < 4.78 is 2.57. The Bertz CT molecular complexity index is 892. The van der Waals surface area contributed by atoms with Gasteiger partial charge in [0.25, 0.3) is 0 Å². The number of para-hydroxylation sites is 1. The second kappa shape index (κ2) is 6.47. The van der Waals surface area contributed by atoms with Crippen LogP contribution in [0.2, 0.25) is 0 Å². The summed E-state index contributed by atoms with van der Waals surface area (Å²) in [5, 5.41) is 3.36. The largest absolute Gasteiger partial charge is 0.351 e. The Morgan fingerprint density at radius 3 is 2.44 bits per heavy atom. The van der Waals surface area contributed by atoms with Gasteiger partial charge in [-0.15, -0.1) is 0 Å². The van der Waals surface area contributed by atoms with Crippen molar-refractivity contribution in [2.75, 3.05) is 0 Å². The predicted molar refractivity (Wildman–Crippen MR) is 109 cm³/mol. The van der Waals surface area contributed by atoms with Crippen molar-refractivity contribution in [3.63, 3.8) is 0 Å². The van der Waals surface area contributed by atoms with Crippen molar-refractivity contribution in [1.29, 1.82) is 0 Å². The van der Waals surface area contributed by atoms with Gasteiger partial charge in [-0.3, -0.25) is 14.2 Å². The minimum absolute atomic E-state index is 0.0109. The molecule has 0 unspecified atom stereocenters. The van der Waals surface area contributed by atoms with Crippen LogP contribution >= 0.6 is 11.3 Å². The Labute approximate surface area is 164 Å². The lowest BCUT2D eigenvalue weighted by Crippen LogP contribution is -2.57. The number of fused-ring (bicyclic) bond motifs is 1. The summed E-state index contributed by atoms with van der Waals surface area (Å²) >= 11 is 1.22. The lowest BCUT2D eigenvalue weighted by molar-refractivity contribution is -0.127. The van der Waals surface area contributed by atoms with Crippen molar-refractivity contribution in [2.45, 2.75) is 64.5 Å². The van der Waals surface area contributed by atoms with E-state index in [0.29, 0.717) is 5.41 Å². The highest BCUT2D eigenvalue weighted by atomic mass is 32.1. The molecular formula is C22H28N2O2S. The first kappa shape index (κ1) is 17.5. The first-order chi connectivity index (χ1) is 13.1. The molecule has 1 aromatic heterocycles. The lowest BCUT2D eigenvalue weighted by Gasteiger charge is -2.59. The Kier molecular flexibility index (Phi) is 4.19. The number of nitrogens with one attached hydrogen (secondary N) is 1. The Morgan fingerprint density at radius 2 is 1.81 bits per heavy atom. The molecule has 1 N–H and O–H groups in total. The predicted octanol–water partition coefficient (Wildman–Crippen LogP) is 4.17. The second-order valence-electron chi connectivity index (χ2n) is 9.23. The molecule has 4 fully saturated rings. The summed E-state index contributed by atoms with van der Waals surface area (Å²) in [5.74, 6) is 2.63. The molecule has 0 saturated heterocycles. The van der Waals surface area contributed by atoms with Crippen LogP contribution in [0.4, 0.5) is 0 Å². The SMILES string of the molecule is CC[C@@H](NC(=O)Cn1c(=O)sc2ccccc21)C12CC3CC(CC(C3)C1)C2. The number of hydrogen-bond acceptors (Lipinski definition) is 3. The van der Waals surface area contributed by atoms with Crippen molar-refractivity contribution in [3.05, 3.63) is 33.9 Å². The first-order valence-corrected chi connectivity index (χ1v) is 11.3. The van der Waals surface area contributed by atoms with Crippen LogP contribution in [0.15, 0.2) is 29.1 Å². The maximum Gasteiger partial charge on any atom is 0.308 e. The zero-order chi connectivity index (χ0) is 18.6. The highest BCUT2D eigenvalue weighted by Gasteiger charge is 2.53. The number of thiazole rings is 1. The van der Waals surface area contributed by atoms with Gasteiger partial charge in [-0.2, -0.15) is 0 Å². The van der Waals surface area contributed by atoms with Crippen molar-refractivity contribution in [1.82, 2.24) is 9.88 Å². The zero-order valence-corrected chi connectivity index (χ0v) is 16.8. The Hall–Kier alpha value is -1.62. The maximum atomic E-state index is 12.9. The molecule has 5 heteroatoms. The fourth-order valence-corrected chi connectivity index (χ4v) is 7.73. The molecule has 4 aliphatic carbocycles. The molecule has 27 heavy (non-hydrogen) atoms. The van der Waals surface area contributed by atoms with Crippen LogP contribution in [-0.4, -0.2) is 16.5 Å². The molecular weight excluding hydrogens is 356 g/mol. The van der Waals surface area contributed by atoms with E-state index in [1.807, 2.05) is 24.3 Å². The van der Waals surface area contributed by atoms with Crippen LogP contribution in [0.5, 0.6) is 0 Å². The van der Waals surface area contributed by atoms with E-state index in [9.17, 15) is 9.59 Å². The molecule has 1 atom stereocenters. The van der Waals surface area contributed by atoms with Gasteiger partial charge in [0.05, 0.1) is 10.2 Å². The molecule has 4 saturated carbocycles. The molecule has 1 aromatic carbocycles. The van der Waals surface area contributed by atoms with Crippen molar-refractivity contribution in [2.24, 2.45) is 23.2 Å². The number of amides is 1. The van der Waals surface area contributed by atoms with Gasteiger partial charge >= 0.3 is 4.87 Å². The maximum absolute atomic E-state index is 12.9. The lowest BCUT2D eigenvalue weighted by atomic mass is 9.47. The molecule has 4 nitrogen and oxygen atoms in total. The third-order valence-electron chi connectivity index (χ3n) is 7.44. The van der Waals surface area contributed by atoms with E-state index in [0.717, 1.165) is 34.4 Å². The number of benzene rings is 1. The topological polar surface area (TPSA) is 51.1 Å². The molecule has 6 rings (SSSR count). The summed E-state index contributed by atoms with van der Waals surface area (Å²) in [6, 6.07) is 7.98. The van der Waals surface area contributed by atoms with Crippen LogP contribution in [0, 0.1) is 23.2 Å². The van der Waals surface area contributed by atoms with Crippen LogP contribution in [0.3, 0.4) is 0 Å². The summed E-state index contributed by atoms with van der Waals surface area (Å²) in [6.07, 6.45) is 9.11. The number of aromatic nitrogens is 1. The molecule has 0 radical (unpaired) electrons. The van der Waals surface area contributed by atoms with E-state index in [1.165, 1.54) is 49.9 Å². The zero-order valence-electron chi connectivity index (χ0n) is 15.9. The Balaban J connectivity index is 1.35. The van der Waals surface area contributed by atoms with E-state index in [2.05, 4.69) is 12.2 Å². The minimum Gasteiger partial charge on any atom is -0.351 e. The van der Waals surface area contributed by atoms with E-state index in [-0.39, 0.29) is 23.4 Å². The third-order valence-corrected chi connectivity index (χ3v) is 8.40. The molecule has 0 spiro atoms. The molecule has 4 bridgehead atoms. The normalized spacial score (nSPS) is 32.7. The number of carbonyl (C=O) groups excluding carboxylic acids is 1.